The van der Waals surface area contributed by atoms with Crippen molar-refractivity contribution in [1.29, 1.82) is 0 Å². The van der Waals surface area contributed by atoms with Gasteiger partial charge >= 0.3 is 0 Å². The van der Waals surface area contributed by atoms with Crippen LogP contribution in [-0.4, -0.2) is 14.5 Å². The van der Waals surface area contributed by atoms with Crippen LogP contribution in [0.2, 0.25) is 0 Å². The quantitative estimate of drug-likeness (QED) is 0.181. The lowest BCUT2D eigenvalue weighted by molar-refractivity contribution is 1.17. The van der Waals surface area contributed by atoms with Gasteiger partial charge in [0.25, 0.3) is 0 Å². The SMILES string of the molecule is Cc1ccc(C)c2nc(-c3ccc(N(c4ccccc4)c4ccc(-n5c6ccccc6c6ccccc65)cc4)cc3)c(-c3ccccc3)nc12. The average molecular weight is 643 g/mol. The third kappa shape index (κ3) is 5.01. The molecule has 0 spiro atoms. The lowest BCUT2D eigenvalue weighted by Gasteiger charge is -2.26. The molecule has 2 aromatic heterocycles. The molecule has 0 bridgehead atoms. The van der Waals surface area contributed by atoms with Crippen LogP contribution in [0.15, 0.2) is 170 Å². The standard InChI is InChI=1S/C46H34N4/c1-31-21-22-32(2)44-43(31)47-45(33-13-5-3-6-14-33)46(48-44)34-23-25-36(26-24-34)49(35-15-7-4-8-16-35)37-27-29-38(30-28-37)50-41-19-11-9-17-39(41)40-18-10-12-20-42(40)50/h3-30H,1-2H3. The fourth-order valence-electron chi connectivity index (χ4n) is 7.14. The second-order valence-corrected chi connectivity index (χ2v) is 12.8. The number of rotatable bonds is 6. The number of benzene rings is 7. The Kier molecular flexibility index (Phi) is 7.21. The van der Waals surface area contributed by atoms with Crippen LogP contribution >= 0.6 is 0 Å². The lowest BCUT2D eigenvalue weighted by Crippen LogP contribution is -2.10. The van der Waals surface area contributed by atoms with Crippen LogP contribution in [0.25, 0.3) is 61.0 Å². The van der Waals surface area contributed by atoms with Crippen LogP contribution in [0.4, 0.5) is 17.1 Å². The molecule has 0 saturated carbocycles. The van der Waals surface area contributed by atoms with Crippen molar-refractivity contribution in [3.05, 3.63) is 181 Å². The molecule has 2 heterocycles. The lowest BCUT2D eigenvalue weighted by atomic mass is 10.0. The molecule has 0 radical (unpaired) electrons. The van der Waals surface area contributed by atoms with E-state index >= 15 is 0 Å². The predicted octanol–water partition coefficient (Wildman–Crippen LogP) is 12.1. The Morgan fingerprint density at radius 2 is 0.820 bits per heavy atom. The molecule has 0 aliphatic heterocycles. The van der Waals surface area contributed by atoms with E-state index in [9.17, 15) is 0 Å². The van der Waals surface area contributed by atoms with E-state index in [2.05, 4.69) is 187 Å². The highest BCUT2D eigenvalue weighted by Crippen LogP contribution is 2.39. The fraction of sp³-hybridized carbons (Fsp3) is 0.0435. The van der Waals surface area contributed by atoms with Gasteiger partial charge in [0.15, 0.2) is 0 Å². The second-order valence-electron chi connectivity index (χ2n) is 12.8. The molecule has 9 aromatic rings. The number of aromatic nitrogens is 3. The van der Waals surface area contributed by atoms with Crippen molar-refractivity contribution < 1.29 is 0 Å². The van der Waals surface area contributed by atoms with E-state index in [1.54, 1.807) is 0 Å². The maximum absolute atomic E-state index is 5.27. The average Bonchev–Trinajstić information content (AvgIpc) is 3.52. The zero-order valence-corrected chi connectivity index (χ0v) is 28.0. The molecule has 0 N–H and O–H groups in total. The first-order valence-electron chi connectivity index (χ1n) is 17.0. The molecule has 238 valence electrons. The van der Waals surface area contributed by atoms with Gasteiger partial charge in [-0.3, -0.25) is 0 Å². The first-order valence-corrected chi connectivity index (χ1v) is 17.0. The van der Waals surface area contributed by atoms with Crippen molar-refractivity contribution in [3.63, 3.8) is 0 Å². The molecule has 0 aliphatic carbocycles. The molecule has 0 unspecified atom stereocenters. The molecule has 0 amide bonds. The van der Waals surface area contributed by atoms with Gasteiger partial charge in [-0.05, 0) is 85.6 Å². The Morgan fingerprint density at radius 1 is 0.400 bits per heavy atom. The van der Waals surface area contributed by atoms with Gasteiger partial charge in [0.05, 0.1) is 33.5 Å². The molecule has 0 atom stereocenters. The molecule has 0 aliphatic rings. The van der Waals surface area contributed by atoms with Gasteiger partial charge in [0.1, 0.15) is 0 Å². The number of hydrogen-bond donors (Lipinski definition) is 0. The number of fused-ring (bicyclic) bond motifs is 4. The molecule has 0 saturated heterocycles. The van der Waals surface area contributed by atoms with E-state index in [1.165, 1.54) is 21.8 Å². The topological polar surface area (TPSA) is 34.0 Å². The Hall–Kier alpha value is -6.52. The molecule has 4 heteroatoms. The van der Waals surface area contributed by atoms with Gasteiger partial charge in [0, 0.05) is 44.6 Å². The number of aryl methyl sites for hydroxylation is 2. The van der Waals surface area contributed by atoms with E-state index in [-0.39, 0.29) is 0 Å². The largest absolute Gasteiger partial charge is 0.311 e. The Morgan fingerprint density at radius 3 is 1.36 bits per heavy atom. The van der Waals surface area contributed by atoms with Crippen molar-refractivity contribution >= 4 is 49.9 Å². The van der Waals surface area contributed by atoms with Crippen LogP contribution in [0.5, 0.6) is 0 Å². The minimum absolute atomic E-state index is 0.880. The molecular weight excluding hydrogens is 609 g/mol. The zero-order chi connectivity index (χ0) is 33.6. The highest BCUT2D eigenvalue weighted by molar-refractivity contribution is 6.09. The molecular formula is C46H34N4. The summed E-state index contributed by atoms with van der Waals surface area (Å²) >= 11 is 0. The fourth-order valence-corrected chi connectivity index (χ4v) is 7.14. The minimum Gasteiger partial charge on any atom is -0.311 e. The molecule has 0 fully saturated rings. The summed E-state index contributed by atoms with van der Waals surface area (Å²) < 4.78 is 2.36. The first kappa shape index (κ1) is 29.6. The van der Waals surface area contributed by atoms with Crippen molar-refractivity contribution in [2.75, 3.05) is 4.90 Å². The van der Waals surface area contributed by atoms with Gasteiger partial charge in [-0.2, -0.15) is 0 Å². The highest BCUT2D eigenvalue weighted by atomic mass is 15.1. The van der Waals surface area contributed by atoms with Crippen molar-refractivity contribution in [2.45, 2.75) is 13.8 Å². The summed E-state index contributed by atoms with van der Waals surface area (Å²) in [4.78, 5) is 12.8. The van der Waals surface area contributed by atoms with E-state index < -0.39 is 0 Å². The summed E-state index contributed by atoms with van der Waals surface area (Å²) in [7, 11) is 0. The van der Waals surface area contributed by atoms with Gasteiger partial charge < -0.3 is 9.47 Å². The first-order chi connectivity index (χ1) is 24.6. The maximum atomic E-state index is 5.27. The van der Waals surface area contributed by atoms with Gasteiger partial charge in [0.2, 0.25) is 0 Å². The summed E-state index contributed by atoms with van der Waals surface area (Å²) in [5.41, 5.74) is 14.7. The Bertz CT molecular complexity index is 2590. The summed E-state index contributed by atoms with van der Waals surface area (Å²) in [5, 5.41) is 2.52. The second kappa shape index (κ2) is 12.2. The smallest absolute Gasteiger partial charge is 0.0973 e. The Labute approximate surface area is 291 Å². The van der Waals surface area contributed by atoms with Crippen LogP contribution in [0.1, 0.15) is 11.1 Å². The molecule has 9 rings (SSSR count). The van der Waals surface area contributed by atoms with E-state index in [1.807, 2.05) is 6.07 Å². The maximum Gasteiger partial charge on any atom is 0.0973 e. The van der Waals surface area contributed by atoms with Crippen LogP contribution in [0, 0.1) is 13.8 Å². The summed E-state index contributed by atoms with van der Waals surface area (Å²) in [5.74, 6) is 0. The summed E-state index contributed by atoms with van der Waals surface area (Å²) in [6.45, 7) is 4.21. The highest BCUT2D eigenvalue weighted by Gasteiger charge is 2.18. The van der Waals surface area contributed by atoms with Crippen molar-refractivity contribution in [1.82, 2.24) is 14.5 Å². The number of anilines is 3. The summed E-state index contributed by atoms with van der Waals surface area (Å²) in [6.07, 6.45) is 0. The van der Waals surface area contributed by atoms with E-state index in [4.69, 9.17) is 9.97 Å². The van der Waals surface area contributed by atoms with E-state index in [0.29, 0.717) is 0 Å². The normalized spacial score (nSPS) is 11.4. The molecule has 7 aromatic carbocycles. The van der Waals surface area contributed by atoms with Gasteiger partial charge in [-0.1, -0.05) is 109 Å². The summed E-state index contributed by atoms with van der Waals surface area (Å²) in [6, 6.07) is 60.0. The minimum atomic E-state index is 0.880. The van der Waals surface area contributed by atoms with Crippen LogP contribution in [0.3, 0.4) is 0 Å². The predicted molar refractivity (Wildman–Crippen MR) is 209 cm³/mol. The number of nitrogens with zero attached hydrogens (tertiary/aromatic N) is 4. The zero-order valence-electron chi connectivity index (χ0n) is 28.0. The number of para-hydroxylation sites is 3. The van der Waals surface area contributed by atoms with Crippen molar-refractivity contribution in [2.24, 2.45) is 0 Å². The third-order valence-corrected chi connectivity index (χ3v) is 9.63. The van der Waals surface area contributed by atoms with Crippen LogP contribution < -0.4 is 4.90 Å². The van der Waals surface area contributed by atoms with Gasteiger partial charge in [-0.15, -0.1) is 0 Å². The molecule has 50 heavy (non-hydrogen) atoms. The van der Waals surface area contributed by atoms with Crippen LogP contribution in [-0.2, 0) is 0 Å². The van der Waals surface area contributed by atoms with Gasteiger partial charge in [-0.25, -0.2) is 9.97 Å². The van der Waals surface area contributed by atoms with E-state index in [0.717, 1.165) is 67.4 Å². The Balaban J connectivity index is 1.14. The number of hydrogen-bond acceptors (Lipinski definition) is 3. The monoisotopic (exact) mass is 642 g/mol. The third-order valence-electron chi connectivity index (χ3n) is 9.63. The molecule has 4 nitrogen and oxygen atoms in total. The van der Waals surface area contributed by atoms with Crippen molar-refractivity contribution in [3.8, 4) is 28.2 Å².